The zero-order valence-corrected chi connectivity index (χ0v) is 17.9. The van der Waals surface area contributed by atoms with E-state index in [0.29, 0.717) is 29.9 Å². The lowest BCUT2D eigenvalue weighted by atomic mass is 9.89. The monoisotopic (exact) mass is 429 g/mol. The quantitative estimate of drug-likeness (QED) is 0.351. The number of furan rings is 1. The molecule has 0 fully saturated rings. The van der Waals surface area contributed by atoms with Gasteiger partial charge in [0.2, 0.25) is 5.91 Å². The van der Waals surface area contributed by atoms with Crippen LogP contribution in [0.2, 0.25) is 0 Å². The lowest BCUT2D eigenvalue weighted by Crippen LogP contribution is -2.26. The molecule has 29 heavy (non-hydrogen) atoms. The largest absolute Gasteiger partial charge is 0.467 e. The number of thiophene rings is 1. The molecule has 0 spiro atoms. The van der Waals surface area contributed by atoms with Crippen molar-refractivity contribution in [1.29, 1.82) is 0 Å². The van der Waals surface area contributed by atoms with Gasteiger partial charge < -0.3 is 9.73 Å². The van der Waals surface area contributed by atoms with Gasteiger partial charge in [-0.25, -0.2) is 4.98 Å². The molecule has 0 bridgehead atoms. The van der Waals surface area contributed by atoms with Gasteiger partial charge in [-0.1, -0.05) is 24.8 Å². The third-order valence-electron chi connectivity index (χ3n) is 5.06. The van der Waals surface area contributed by atoms with E-state index in [1.54, 1.807) is 34.3 Å². The number of fused-ring (bicyclic) bond motifs is 3. The van der Waals surface area contributed by atoms with Crippen molar-refractivity contribution in [3.63, 3.8) is 0 Å². The number of thioether (sulfide) groups is 1. The molecule has 3 aromatic rings. The molecular formula is C21H23N3O3S2. The number of carbonyl (C=O) groups excluding carboxylic acids is 1. The van der Waals surface area contributed by atoms with Crippen LogP contribution in [0.15, 0.2) is 45.4 Å². The predicted molar refractivity (Wildman–Crippen MR) is 117 cm³/mol. The van der Waals surface area contributed by atoms with E-state index in [1.807, 2.05) is 6.07 Å². The number of hydrogen-bond acceptors (Lipinski definition) is 6. The third kappa shape index (κ3) is 4.18. The zero-order chi connectivity index (χ0) is 20.4. The standard InChI is InChI=1S/C21H23N3O3S2/c1-3-8-24-20(26)18-15-7-6-13(2)10-16(15)29-19(18)23-21(24)28-12-17(25)22-11-14-5-4-9-27-14/h3-5,9,13H,1,6-8,10-12H2,2H3,(H,22,25). The molecule has 0 saturated carbocycles. The van der Waals surface area contributed by atoms with Crippen molar-refractivity contribution in [3.05, 3.63) is 57.6 Å². The lowest BCUT2D eigenvalue weighted by molar-refractivity contribution is -0.118. The maximum atomic E-state index is 13.2. The van der Waals surface area contributed by atoms with Crippen molar-refractivity contribution in [2.24, 2.45) is 5.92 Å². The van der Waals surface area contributed by atoms with Gasteiger partial charge in [-0.05, 0) is 42.9 Å². The Labute approximate surface area is 177 Å². The normalized spacial score (nSPS) is 16.0. The van der Waals surface area contributed by atoms with Crippen molar-refractivity contribution >= 4 is 39.2 Å². The minimum Gasteiger partial charge on any atom is -0.467 e. The highest BCUT2D eigenvalue weighted by atomic mass is 32.2. The molecule has 1 aliphatic rings. The minimum absolute atomic E-state index is 0.0274. The highest BCUT2D eigenvalue weighted by Crippen LogP contribution is 2.36. The number of nitrogens with zero attached hydrogens (tertiary/aromatic N) is 2. The van der Waals surface area contributed by atoms with Gasteiger partial charge in [0.1, 0.15) is 10.6 Å². The fraction of sp³-hybridized carbons (Fsp3) is 0.381. The van der Waals surface area contributed by atoms with E-state index in [-0.39, 0.29) is 17.2 Å². The number of aryl methyl sites for hydroxylation is 1. The topological polar surface area (TPSA) is 77.1 Å². The summed E-state index contributed by atoms with van der Waals surface area (Å²) >= 11 is 2.90. The van der Waals surface area contributed by atoms with E-state index in [1.165, 1.54) is 22.2 Å². The van der Waals surface area contributed by atoms with Crippen molar-refractivity contribution in [2.45, 2.75) is 44.4 Å². The number of rotatable bonds is 7. The molecule has 1 N–H and O–H groups in total. The summed E-state index contributed by atoms with van der Waals surface area (Å²) in [4.78, 5) is 32.3. The van der Waals surface area contributed by atoms with E-state index < -0.39 is 0 Å². The van der Waals surface area contributed by atoms with Crippen LogP contribution in [0.3, 0.4) is 0 Å². The van der Waals surface area contributed by atoms with Crippen LogP contribution in [-0.2, 0) is 30.7 Å². The van der Waals surface area contributed by atoms with Crippen LogP contribution in [0.5, 0.6) is 0 Å². The number of amides is 1. The smallest absolute Gasteiger partial charge is 0.263 e. The first-order chi connectivity index (χ1) is 14.1. The summed E-state index contributed by atoms with van der Waals surface area (Å²) in [7, 11) is 0. The fourth-order valence-electron chi connectivity index (χ4n) is 3.59. The molecule has 3 heterocycles. The highest BCUT2D eigenvalue weighted by Gasteiger charge is 2.24. The molecule has 1 amide bonds. The summed E-state index contributed by atoms with van der Waals surface area (Å²) in [6.07, 6.45) is 6.31. The average molecular weight is 430 g/mol. The van der Waals surface area contributed by atoms with E-state index >= 15 is 0 Å². The number of hydrogen-bond donors (Lipinski definition) is 1. The molecule has 0 radical (unpaired) electrons. The number of carbonyl (C=O) groups is 1. The first-order valence-corrected chi connectivity index (χ1v) is 11.4. The summed E-state index contributed by atoms with van der Waals surface area (Å²) in [6, 6.07) is 3.59. The fourth-order valence-corrected chi connectivity index (χ4v) is 5.85. The van der Waals surface area contributed by atoms with Gasteiger partial charge in [-0.2, -0.15) is 0 Å². The van der Waals surface area contributed by atoms with Gasteiger partial charge in [0, 0.05) is 11.4 Å². The summed E-state index contributed by atoms with van der Waals surface area (Å²) < 4.78 is 6.85. The summed E-state index contributed by atoms with van der Waals surface area (Å²) in [5.41, 5.74) is 1.14. The van der Waals surface area contributed by atoms with Crippen molar-refractivity contribution in [1.82, 2.24) is 14.9 Å². The maximum absolute atomic E-state index is 13.2. The molecule has 1 aliphatic carbocycles. The molecular weight excluding hydrogens is 406 g/mol. The Morgan fingerprint density at radius 1 is 1.55 bits per heavy atom. The molecule has 8 heteroatoms. The van der Waals surface area contributed by atoms with Gasteiger partial charge >= 0.3 is 0 Å². The van der Waals surface area contributed by atoms with E-state index in [4.69, 9.17) is 9.40 Å². The minimum atomic E-state index is -0.134. The number of nitrogens with one attached hydrogen (secondary N) is 1. The second-order valence-corrected chi connectivity index (χ2v) is 9.30. The Morgan fingerprint density at radius 3 is 3.17 bits per heavy atom. The Kier molecular flexibility index (Phi) is 5.91. The first kappa shape index (κ1) is 20.0. The maximum Gasteiger partial charge on any atom is 0.263 e. The van der Waals surface area contributed by atoms with E-state index in [2.05, 4.69) is 18.8 Å². The molecule has 0 aliphatic heterocycles. The van der Waals surface area contributed by atoms with Gasteiger partial charge in [-0.3, -0.25) is 14.2 Å². The number of allylic oxidation sites excluding steroid dienone is 1. The van der Waals surface area contributed by atoms with Crippen LogP contribution in [0.25, 0.3) is 10.2 Å². The van der Waals surface area contributed by atoms with Crippen LogP contribution in [0, 0.1) is 5.92 Å². The van der Waals surface area contributed by atoms with Crippen LogP contribution < -0.4 is 10.9 Å². The Hall–Kier alpha value is -2.32. The van der Waals surface area contributed by atoms with Gasteiger partial charge in [-0.15, -0.1) is 17.9 Å². The number of aromatic nitrogens is 2. The first-order valence-electron chi connectivity index (χ1n) is 9.64. The van der Waals surface area contributed by atoms with E-state index in [0.717, 1.165) is 29.5 Å². The lowest BCUT2D eigenvalue weighted by Gasteiger charge is -2.17. The zero-order valence-electron chi connectivity index (χ0n) is 16.3. The SMILES string of the molecule is C=CCn1c(SCC(=O)NCc2ccco2)nc2sc3c(c2c1=O)CCC(C)C3. The van der Waals surface area contributed by atoms with Crippen LogP contribution in [0.1, 0.15) is 29.5 Å². The van der Waals surface area contributed by atoms with Crippen LogP contribution in [0.4, 0.5) is 0 Å². The third-order valence-corrected chi connectivity index (χ3v) is 7.19. The van der Waals surface area contributed by atoms with Gasteiger partial charge in [0.15, 0.2) is 5.16 Å². The van der Waals surface area contributed by atoms with Crippen LogP contribution >= 0.6 is 23.1 Å². The molecule has 1 atom stereocenters. The molecule has 1 unspecified atom stereocenters. The summed E-state index contributed by atoms with van der Waals surface area (Å²) in [6.45, 7) is 6.74. The summed E-state index contributed by atoms with van der Waals surface area (Å²) in [5.74, 6) is 1.38. The summed E-state index contributed by atoms with van der Waals surface area (Å²) in [5, 5.41) is 4.13. The predicted octanol–water partition coefficient (Wildman–Crippen LogP) is 3.77. The van der Waals surface area contributed by atoms with Crippen molar-refractivity contribution in [2.75, 3.05) is 5.75 Å². The molecule has 4 rings (SSSR count). The highest BCUT2D eigenvalue weighted by molar-refractivity contribution is 7.99. The molecule has 0 aromatic carbocycles. The van der Waals surface area contributed by atoms with Gasteiger partial charge in [0.25, 0.3) is 5.56 Å². The average Bonchev–Trinajstić information content (AvgIpc) is 3.34. The Balaban J connectivity index is 1.58. The molecule has 152 valence electrons. The molecule has 3 aromatic heterocycles. The second-order valence-electron chi connectivity index (χ2n) is 7.28. The Morgan fingerprint density at radius 2 is 2.41 bits per heavy atom. The molecule has 6 nitrogen and oxygen atoms in total. The second kappa shape index (κ2) is 8.59. The van der Waals surface area contributed by atoms with Crippen molar-refractivity contribution < 1.29 is 9.21 Å². The van der Waals surface area contributed by atoms with E-state index in [9.17, 15) is 9.59 Å². The van der Waals surface area contributed by atoms with Crippen molar-refractivity contribution in [3.8, 4) is 0 Å². The Bertz CT molecular complexity index is 1100. The molecule has 0 saturated heterocycles. The van der Waals surface area contributed by atoms with Crippen LogP contribution in [-0.4, -0.2) is 21.2 Å². The van der Waals surface area contributed by atoms with Gasteiger partial charge in [0.05, 0.1) is 23.9 Å².